The van der Waals surface area contributed by atoms with Gasteiger partial charge in [0.1, 0.15) is 5.75 Å². The molecule has 2 N–H and O–H groups in total. The number of phenolic OH excluding ortho intramolecular Hbond substituents is 1. The first-order valence-corrected chi connectivity index (χ1v) is 5.44. The SMILES string of the molecule is CC(C)c1cc(C(=O)O)cc(C(C)C)c1O. The maximum absolute atomic E-state index is 11.0. The average molecular weight is 222 g/mol. The summed E-state index contributed by atoms with van der Waals surface area (Å²) in [4.78, 5) is 11.0. The van der Waals surface area contributed by atoms with Crippen LogP contribution in [0.15, 0.2) is 12.1 Å². The molecule has 0 amide bonds. The zero-order chi connectivity index (χ0) is 12.5. The van der Waals surface area contributed by atoms with Crippen LogP contribution in [0.4, 0.5) is 0 Å². The first kappa shape index (κ1) is 12.6. The van der Waals surface area contributed by atoms with E-state index in [4.69, 9.17) is 5.11 Å². The number of benzene rings is 1. The van der Waals surface area contributed by atoms with Crippen LogP contribution in [0.3, 0.4) is 0 Å². The van der Waals surface area contributed by atoms with Crippen LogP contribution in [0.5, 0.6) is 5.75 Å². The Kier molecular flexibility index (Phi) is 3.58. The number of hydrogen-bond donors (Lipinski definition) is 2. The highest BCUT2D eigenvalue weighted by molar-refractivity contribution is 5.88. The molecule has 0 bridgehead atoms. The molecular formula is C13H18O3. The fourth-order valence-corrected chi connectivity index (χ4v) is 1.68. The number of hydrogen-bond acceptors (Lipinski definition) is 2. The molecule has 0 atom stereocenters. The number of carboxylic acids is 1. The van der Waals surface area contributed by atoms with Crippen molar-refractivity contribution in [2.24, 2.45) is 0 Å². The standard InChI is InChI=1S/C13H18O3/c1-7(2)10-5-9(13(15)16)6-11(8(3)4)12(10)14/h5-8,14H,1-4H3,(H,15,16). The lowest BCUT2D eigenvalue weighted by molar-refractivity contribution is 0.0696. The van der Waals surface area contributed by atoms with Gasteiger partial charge in [-0.2, -0.15) is 0 Å². The summed E-state index contributed by atoms with van der Waals surface area (Å²) in [5.74, 6) is -0.507. The average Bonchev–Trinajstić information content (AvgIpc) is 2.16. The molecule has 0 saturated carbocycles. The Morgan fingerprint density at radius 3 is 1.69 bits per heavy atom. The minimum Gasteiger partial charge on any atom is -0.507 e. The topological polar surface area (TPSA) is 57.5 Å². The van der Waals surface area contributed by atoms with E-state index in [-0.39, 0.29) is 23.1 Å². The van der Waals surface area contributed by atoms with Crippen molar-refractivity contribution < 1.29 is 15.0 Å². The van der Waals surface area contributed by atoms with E-state index < -0.39 is 5.97 Å². The summed E-state index contributed by atoms with van der Waals surface area (Å²) in [6.07, 6.45) is 0. The number of rotatable bonds is 3. The highest BCUT2D eigenvalue weighted by atomic mass is 16.4. The second-order valence-electron chi connectivity index (χ2n) is 4.62. The van der Waals surface area contributed by atoms with Crippen molar-refractivity contribution in [3.05, 3.63) is 28.8 Å². The van der Waals surface area contributed by atoms with Gasteiger partial charge >= 0.3 is 5.97 Å². The molecule has 0 aliphatic rings. The largest absolute Gasteiger partial charge is 0.507 e. The Morgan fingerprint density at radius 1 is 1.06 bits per heavy atom. The van der Waals surface area contributed by atoms with E-state index in [1.54, 1.807) is 12.1 Å². The van der Waals surface area contributed by atoms with Crippen LogP contribution in [-0.2, 0) is 0 Å². The van der Waals surface area contributed by atoms with Gasteiger partial charge in [0, 0.05) is 0 Å². The van der Waals surface area contributed by atoms with Gasteiger partial charge in [-0.05, 0) is 35.1 Å². The molecule has 0 aliphatic heterocycles. The zero-order valence-electron chi connectivity index (χ0n) is 10.1. The Balaban J connectivity index is 3.45. The monoisotopic (exact) mass is 222 g/mol. The summed E-state index contributed by atoms with van der Waals surface area (Å²) in [6.45, 7) is 7.74. The molecular weight excluding hydrogens is 204 g/mol. The molecule has 16 heavy (non-hydrogen) atoms. The second kappa shape index (κ2) is 4.56. The molecule has 0 spiro atoms. The van der Waals surface area contributed by atoms with Crippen molar-refractivity contribution in [3.8, 4) is 5.75 Å². The smallest absolute Gasteiger partial charge is 0.335 e. The first-order valence-electron chi connectivity index (χ1n) is 5.44. The quantitative estimate of drug-likeness (QED) is 0.824. The van der Waals surface area contributed by atoms with Crippen LogP contribution in [0.25, 0.3) is 0 Å². The van der Waals surface area contributed by atoms with Gasteiger partial charge in [0.2, 0.25) is 0 Å². The van der Waals surface area contributed by atoms with E-state index in [9.17, 15) is 9.90 Å². The number of phenols is 1. The van der Waals surface area contributed by atoms with Gasteiger partial charge < -0.3 is 10.2 Å². The maximum Gasteiger partial charge on any atom is 0.335 e. The van der Waals surface area contributed by atoms with Crippen LogP contribution in [0.1, 0.15) is 61.0 Å². The van der Waals surface area contributed by atoms with E-state index in [1.165, 1.54) is 0 Å². The predicted octanol–water partition coefficient (Wildman–Crippen LogP) is 3.34. The molecule has 1 aromatic carbocycles. The third kappa shape index (κ3) is 2.35. The van der Waals surface area contributed by atoms with Gasteiger partial charge in [-0.3, -0.25) is 0 Å². The molecule has 0 fully saturated rings. The summed E-state index contributed by atoms with van der Waals surface area (Å²) in [7, 11) is 0. The Labute approximate surface area is 95.7 Å². The van der Waals surface area contributed by atoms with Crippen LogP contribution in [0, 0.1) is 0 Å². The maximum atomic E-state index is 11.0. The van der Waals surface area contributed by atoms with Gasteiger partial charge in [-0.25, -0.2) is 4.79 Å². The fourth-order valence-electron chi connectivity index (χ4n) is 1.68. The molecule has 3 nitrogen and oxygen atoms in total. The van der Waals surface area contributed by atoms with Crippen molar-refractivity contribution in [1.82, 2.24) is 0 Å². The van der Waals surface area contributed by atoms with E-state index >= 15 is 0 Å². The van der Waals surface area contributed by atoms with E-state index in [2.05, 4.69) is 0 Å². The molecule has 3 heteroatoms. The first-order chi connectivity index (χ1) is 7.34. The second-order valence-corrected chi connectivity index (χ2v) is 4.62. The van der Waals surface area contributed by atoms with Crippen molar-refractivity contribution in [3.63, 3.8) is 0 Å². The third-order valence-electron chi connectivity index (χ3n) is 2.66. The van der Waals surface area contributed by atoms with Crippen LogP contribution in [-0.4, -0.2) is 16.2 Å². The molecule has 1 aromatic rings. The number of carbonyl (C=O) groups is 1. The van der Waals surface area contributed by atoms with E-state index in [0.717, 1.165) is 0 Å². The van der Waals surface area contributed by atoms with Crippen molar-refractivity contribution in [1.29, 1.82) is 0 Å². The van der Waals surface area contributed by atoms with Crippen LogP contribution in [0.2, 0.25) is 0 Å². The molecule has 0 saturated heterocycles. The minimum atomic E-state index is -0.955. The van der Waals surface area contributed by atoms with Gasteiger partial charge in [0.15, 0.2) is 0 Å². The molecule has 0 unspecified atom stereocenters. The molecule has 0 radical (unpaired) electrons. The van der Waals surface area contributed by atoms with Gasteiger partial charge in [-0.15, -0.1) is 0 Å². The molecule has 0 aliphatic carbocycles. The summed E-state index contributed by atoms with van der Waals surface area (Å²) in [6, 6.07) is 3.10. The van der Waals surface area contributed by atoms with Gasteiger partial charge in [-0.1, -0.05) is 27.7 Å². The molecule has 0 aromatic heterocycles. The summed E-state index contributed by atoms with van der Waals surface area (Å²) < 4.78 is 0. The van der Waals surface area contributed by atoms with Crippen molar-refractivity contribution in [2.45, 2.75) is 39.5 Å². The lowest BCUT2D eigenvalue weighted by Crippen LogP contribution is -2.03. The van der Waals surface area contributed by atoms with Crippen molar-refractivity contribution in [2.75, 3.05) is 0 Å². The van der Waals surface area contributed by atoms with Crippen LogP contribution >= 0.6 is 0 Å². The number of aromatic carboxylic acids is 1. The Bertz CT molecular complexity index is 377. The van der Waals surface area contributed by atoms with Crippen molar-refractivity contribution >= 4 is 5.97 Å². The fraction of sp³-hybridized carbons (Fsp3) is 0.462. The molecule has 1 rings (SSSR count). The Hall–Kier alpha value is -1.51. The van der Waals surface area contributed by atoms with Gasteiger partial charge in [0.05, 0.1) is 5.56 Å². The molecule has 88 valence electrons. The third-order valence-corrected chi connectivity index (χ3v) is 2.66. The number of carboxylic acid groups (broad SMARTS) is 1. The lowest BCUT2D eigenvalue weighted by Gasteiger charge is -2.16. The summed E-state index contributed by atoms with van der Waals surface area (Å²) in [5.41, 5.74) is 1.64. The summed E-state index contributed by atoms with van der Waals surface area (Å²) in [5, 5.41) is 19.0. The summed E-state index contributed by atoms with van der Waals surface area (Å²) >= 11 is 0. The van der Waals surface area contributed by atoms with E-state index in [0.29, 0.717) is 11.1 Å². The van der Waals surface area contributed by atoms with Crippen LogP contribution < -0.4 is 0 Å². The lowest BCUT2D eigenvalue weighted by atomic mass is 9.91. The van der Waals surface area contributed by atoms with E-state index in [1.807, 2.05) is 27.7 Å². The number of aromatic hydroxyl groups is 1. The molecule has 0 heterocycles. The normalized spacial score (nSPS) is 11.1. The highest BCUT2D eigenvalue weighted by Crippen LogP contribution is 2.34. The Morgan fingerprint density at radius 2 is 1.44 bits per heavy atom. The van der Waals surface area contributed by atoms with Gasteiger partial charge in [0.25, 0.3) is 0 Å². The zero-order valence-corrected chi connectivity index (χ0v) is 10.1. The highest BCUT2D eigenvalue weighted by Gasteiger charge is 2.17. The minimum absolute atomic E-state index is 0.108. The predicted molar refractivity (Wildman–Crippen MR) is 63.2 cm³/mol.